The third kappa shape index (κ3) is 5.55. The SMILES string of the molecule is C/C=C/Sc1nnc(COc2ccccc2C2=NOC(c3ccc(Cl)cc3Cl)C2)n1NC(C)=O. The lowest BCUT2D eigenvalue weighted by molar-refractivity contribution is -0.115. The maximum absolute atomic E-state index is 11.7. The topological polar surface area (TPSA) is 90.6 Å². The maximum Gasteiger partial charge on any atom is 0.235 e. The Morgan fingerprint density at radius 1 is 1.29 bits per heavy atom. The molecule has 0 bridgehead atoms. The minimum atomic E-state index is -0.318. The Morgan fingerprint density at radius 2 is 2.12 bits per heavy atom. The van der Waals surface area contributed by atoms with Gasteiger partial charge in [-0.05, 0) is 36.6 Å². The van der Waals surface area contributed by atoms with Gasteiger partial charge in [0.15, 0.2) is 11.9 Å². The molecule has 11 heteroatoms. The van der Waals surface area contributed by atoms with E-state index in [1.807, 2.05) is 48.7 Å². The van der Waals surface area contributed by atoms with Crippen molar-refractivity contribution in [2.75, 3.05) is 5.43 Å². The summed E-state index contributed by atoms with van der Waals surface area (Å²) < 4.78 is 7.59. The van der Waals surface area contributed by atoms with E-state index < -0.39 is 0 Å². The maximum atomic E-state index is 11.7. The molecule has 0 saturated heterocycles. The lowest BCUT2D eigenvalue weighted by atomic mass is 9.99. The second-order valence-corrected chi connectivity index (χ2v) is 8.99. The number of nitrogens with zero attached hydrogens (tertiary/aromatic N) is 4. The summed E-state index contributed by atoms with van der Waals surface area (Å²) in [5, 5.41) is 16.1. The molecule has 1 N–H and O–H groups in total. The van der Waals surface area contributed by atoms with Gasteiger partial charge < -0.3 is 9.57 Å². The Labute approximate surface area is 210 Å². The summed E-state index contributed by atoms with van der Waals surface area (Å²) in [5.41, 5.74) is 5.07. The highest BCUT2D eigenvalue weighted by Crippen LogP contribution is 2.36. The van der Waals surface area contributed by atoms with Crippen molar-refractivity contribution in [3.8, 4) is 5.75 Å². The van der Waals surface area contributed by atoms with Crippen molar-refractivity contribution in [3.63, 3.8) is 0 Å². The molecule has 2 heterocycles. The van der Waals surface area contributed by atoms with Crippen molar-refractivity contribution in [2.24, 2.45) is 5.16 Å². The van der Waals surface area contributed by atoms with Gasteiger partial charge in [-0.3, -0.25) is 10.2 Å². The zero-order valence-electron chi connectivity index (χ0n) is 18.4. The zero-order valence-corrected chi connectivity index (χ0v) is 20.7. The molecule has 0 saturated carbocycles. The molecule has 8 nitrogen and oxygen atoms in total. The van der Waals surface area contributed by atoms with Gasteiger partial charge in [0, 0.05) is 34.5 Å². The number of para-hydroxylation sites is 1. The number of carbonyl (C=O) groups is 1. The number of allylic oxidation sites excluding steroid dienone is 1. The van der Waals surface area contributed by atoms with Crippen molar-refractivity contribution in [1.82, 2.24) is 14.9 Å². The van der Waals surface area contributed by atoms with Gasteiger partial charge in [-0.25, -0.2) is 4.68 Å². The van der Waals surface area contributed by atoms with Crippen LogP contribution in [0.1, 0.15) is 43.3 Å². The van der Waals surface area contributed by atoms with Gasteiger partial charge in [-0.15, -0.1) is 10.2 Å². The van der Waals surface area contributed by atoms with Gasteiger partial charge in [0.05, 0.1) is 5.71 Å². The first-order valence-corrected chi connectivity index (χ1v) is 12.0. The van der Waals surface area contributed by atoms with E-state index in [2.05, 4.69) is 20.8 Å². The smallest absolute Gasteiger partial charge is 0.235 e. The van der Waals surface area contributed by atoms with E-state index in [1.165, 1.54) is 23.4 Å². The number of oxime groups is 1. The summed E-state index contributed by atoms with van der Waals surface area (Å²) in [6, 6.07) is 12.8. The van der Waals surface area contributed by atoms with Gasteiger partial charge in [0.25, 0.3) is 0 Å². The van der Waals surface area contributed by atoms with Crippen LogP contribution in [0.15, 0.2) is 64.3 Å². The van der Waals surface area contributed by atoms with Crippen LogP contribution in [0.25, 0.3) is 0 Å². The predicted octanol–water partition coefficient (Wildman–Crippen LogP) is 5.75. The monoisotopic (exact) mass is 517 g/mol. The second-order valence-electron chi connectivity index (χ2n) is 7.28. The van der Waals surface area contributed by atoms with Gasteiger partial charge >= 0.3 is 0 Å². The molecule has 0 fully saturated rings. The van der Waals surface area contributed by atoms with E-state index in [-0.39, 0.29) is 18.6 Å². The molecule has 176 valence electrons. The molecule has 1 aliphatic heterocycles. The number of rotatable bonds is 8. The van der Waals surface area contributed by atoms with Crippen molar-refractivity contribution in [2.45, 2.75) is 38.1 Å². The van der Waals surface area contributed by atoms with Crippen LogP contribution in [-0.4, -0.2) is 26.5 Å². The molecule has 3 aromatic rings. The van der Waals surface area contributed by atoms with Gasteiger partial charge in [0.2, 0.25) is 11.1 Å². The fourth-order valence-electron chi connectivity index (χ4n) is 3.31. The lowest BCUT2D eigenvalue weighted by Gasteiger charge is -2.13. The molecule has 4 rings (SSSR count). The largest absolute Gasteiger partial charge is 0.485 e. The van der Waals surface area contributed by atoms with E-state index in [4.69, 9.17) is 32.8 Å². The summed E-state index contributed by atoms with van der Waals surface area (Å²) in [7, 11) is 0. The van der Waals surface area contributed by atoms with E-state index >= 15 is 0 Å². The van der Waals surface area contributed by atoms with Crippen LogP contribution in [0.2, 0.25) is 10.0 Å². The summed E-state index contributed by atoms with van der Waals surface area (Å²) in [6.45, 7) is 3.40. The molecular weight excluding hydrogens is 497 g/mol. The van der Waals surface area contributed by atoms with Crippen LogP contribution in [0, 0.1) is 0 Å². The number of hydrogen-bond donors (Lipinski definition) is 1. The zero-order chi connectivity index (χ0) is 24.1. The predicted molar refractivity (Wildman–Crippen MR) is 133 cm³/mol. The first kappa shape index (κ1) is 24.1. The highest BCUT2D eigenvalue weighted by atomic mass is 35.5. The van der Waals surface area contributed by atoms with Crippen LogP contribution in [0.3, 0.4) is 0 Å². The highest BCUT2D eigenvalue weighted by molar-refractivity contribution is 8.02. The number of carbonyl (C=O) groups excluding carboxylic acids is 1. The van der Waals surface area contributed by atoms with Crippen LogP contribution in [0.5, 0.6) is 5.75 Å². The number of thioether (sulfide) groups is 1. The van der Waals surface area contributed by atoms with Crippen LogP contribution < -0.4 is 10.2 Å². The third-order valence-corrected chi connectivity index (χ3v) is 6.26. The van der Waals surface area contributed by atoms with Crippen molar-refractivity contribution in [3.05, 3.63) is 80.9 Å². The van der Waals surface area contributed by atoms with E-state index in [1.54, 1.807) is 12.1 Å². The fraction of sp³-hybridized carbons (Fsp3) is 0.217. The number of benzene rings is 2. The molecular formula is C23H21Cl2N5O3S. The summed E-state index contributed by atoms with van der Waals surface area (Å²) >= 11 is 13.7. The molecule has 1 aromatic heterocycles. The molecule has 1 atom stereocenters. The summed E-state index contributed by atoms with van der Waals surface area (Å²) in [6.07, 6.45) is 2.08. The average Bonchev–Trinajstić information content (AvgIpc) is 3.44. The van der Waals surface area contributed by atoms with Crippen LogP contribution >= 0.6 is 35.0 Å². The molecule has 0 spiro atoms. The highest BCUT2D eigenvalue weighted by Gasteiger charge is 2.27. The average molecular weight is 518 g/mol. The number of nitrogens with one attached hydrogen (secondary N) is 1. The quantitative estimate of drug-likeness (QED) is 0.382. The molecule has 34 heavy (non-hydrogen) atoms. The molecule has 0 radical (unpaired) electrons. The Hall–Kier alpha value is -3.01. The van der Waals surface area contributed by atoms with Crippen molar-refractivity contribution >= 4 is 46.6 Å². The van der Waals surface area contributed by atoms with E-state index in [0.717, 1.165) is 16.8 Å². The van der Waals surface area contributed by atoms with Crippen molar-refractivity contribution in [1.29, 1.82) is 0 Å². The molecule has 0 aliphatic carbocycles. The first-order valence-electron chi connectivity index (χ1n) is 10.4. The van der Waals surface area contributed by atoms with E-state index in [9.17, 15) is 4.79 Å². The second kappa shape index (κ2) is 10.9. The minimum Gasteiger partial charge on any atom is -0.485 e. The summed E-state index contributed by atoms with van der Waals surface area (Å²) in [5.74, 6) is 0.813. The number of amides is 1. The van der Waals surface area contributed by atoms with Crippen LogP contribution in [-0.2, 0) is 16.2 Å². The fourth-order valence-corrected chi connectivity index (χ4v) is 4.44. The standard InChI is InChI=1S/C23H21Cl2N5O3S/c1-3-10-34-23-27-26-22(30(23)28-14(2)31)13-32-20-7-5-4-6-17(20)19-12-21(33-29-19)16-9-8-15(24)11-18(16)25/h3-11,21H,12-13H2,1-2H3,(H,28,31)/b10-3+. The Bertz CT molecular complexity index is 1260. The first-order chi connectivity index (χ1) is 16.5. The van der Waals surface area contributed by atoms with Crippen LogP contribution in [0.4, 0.5) is 0 Å². The third-order valence-electron chi connectivity index (χ3n) is 4.81. The van der Waals surface area contributed by atoms with Gasteiger partial charge in [-0.1, -0.05) is 64.4 Å². The summed E-state index contributed by atoms with van der Waals surface area (Å²) in [4.78, 5) is 17.3. The number of aromatic nitrogens is 3. The minimum absolute atomic E-state index is 0.0846. The lowest BCUT2D eigenvalue weighted by Crippen LogP contribution is -2.23. The molecule has 1 amide bonds. The Balaban J connectivity index is 1.51. The normalized spacial score (nSPS) is 15.3. The Morgan fingerprint density at radius 3 is 2.88 bits per heavy atom. The Kier molecular flexibility index (Phi) is 7.77. The number of ether oxygens (including phenoxy) is 1. The molecule has 2 aromatic carbocycles. The van der Waals surface area contributed by atoms with Gasteiger partial charge in [-0.2, -0.15) is 0 Å². The molecule has 1 unspecified atom stereocenters. The molecule has 1 aliphatic rings. The van der Waals surface area contributed by atoms with Crippen molar-refractivity contribution < 1.29 is 14.4 Å². The number of hydrogen-bond acceptors (Lipinski definition) is 7. The van der Waals surface area contributed by atoms with Gasteiger partial charge in [0.1, 0.15) is 12.4 Å². The van der Waals surface area contributed by atoms with E-state index in [0.29, 0.717) is 33.2 Å². The number of halogens is 2.